The Morgan fingerprint density at radius 3 is 2.84 bits per heavy atom. The summed E-state index contributed by atoms with van der Waals surface area (Å²) in [5.74, 6) is 0.917. The van der Waals surface area contributed by atoms with Crippen LogP contribution in [0.4, 0.5) is 5.82 Å². The molecule has 5 nitrogen and oxygen atoms in total. The first-order valence-corrected chi connectivity index (χ1v) is 7.22. The van der Waals surface area contributed by atoms with E-state index in [2.05, 4.69) is 34.4 Å². The molecular weight excluding hydrogens is 240 g/mol. The van der Waals surface area contributed by atoms with Crippen LogP contribution in [0.5, 0.6) is 0 Å². The van der Waals surface area contributed by atoms with Gasteiger partial charge in [0.25, 0.3) is 0 Å². The highest BCUT2D eigenvalue weighted by atomic mass is 16.5. The highest BCUT2D eigenvalue weighted by Gasteiger charge is 2.28. The molecule has 5 heteroatoms. The zero-order valence-electron chi connectivity index (χ0n) is 12.1. The zero-order chi connectivity index (χ0) is 13.7. The van der Waals surface area contributed by atoms with Crippen LogP contribution in [0.1, 0.15) is 32.2 Å². The second kappa shape index (κ2) is 6.82. The topological polar surface area (TPSA) is 59.1 Å². The van der Waals surface area contributed by atoms with Gasteiger partial charge >= 0.3 is 0 Å². The molecule has 0 aliphatic carbocycles. The standard InChI is InChI=1S/C14H24N4O/c1-4-10-7-16-11(5-2)14(17-10)18-12-8-15-9-13(12)19-6-3/h7,12-13,15H,4-6,8-9H2,1-3H3,(H,17,18)/t12?,13-/m0/s1. The molecule has 1 fully saturated rings. The van der Waals surface area contributed by atoms with E-state index in [4.69, 9.17) is 4.74 Å². The Labute approximate surface area is 115 Å². The van der Waals surface area contributed by atoms with Crippen LogP contribution in [0.3, 0.4) is 0 Å². The molecule has 0 aromatic carbocycles. The van der Waals surface area contributed by atoms with Crippen molar-refractivity contribution >= 4 is 5.82 Å². The largest absolute Gasteiger partial charge is 0.375 e. The van der Waals surface area contributed by atoms with Gasteiger partial charge in [-0.05, 0) is 19.8 Å². The molecule has 0 spiro atoms. The lowest BCUT2D eigenvalue weighted by molar-refractivity contribution is 0.0709. The second-order valence-corrected chi connectivity index (χ2v) is 4.77. The minimum atomic E-state index is 0.210. The van der Waals surface area contributed by atoms with E-state index in [9.17, 15) is 0 Å². The molecule has 1 aliphatic heterocycles. The summed E-state index contributed by atoms with van der Waals surface area (Å²) < 4.78 is 5.74. The smallest absolute Gasteiger partial charge is 0.148 e. The van der Waals surface area contributed by atoms with E-state index in [-0.39, 0.29) is 12.1 Å². The number of anilines is 1. The van der Waals surface area contributed by atoms with Crippen LogP contribution in [-0.2, 0) is 17.6 Å². The predicted molar refractivity (Wildman–Crippen MR) is 76.5 cm³/mol. The van der Waals surface area contributed by atoms with Gasteiger partial charge in [-0.1, -0.05) is 13.8 Å². The van der Waals surface area contributed by atoms with Crippen molar-refractivity contribution in [1.82, 2.24) is 15.3 Å². The quantitative estimate of drug-likeness (QED) is 0.813. The predicted octanol–water partition coefficient (Wildman–Crippen LogP) is 1.39. The zero-order valence-corrected chi connectivity index (χ0v) is 12.1. The normalized spacial score (nSPS) is 22.7. The molecule has 0 radical (unpaired) electrons. The van der Waals surface area contributed by atoms with Crippen LogP contribution in [0.25, 0.3) is 0 Å². The summed E-state index contributed by atoms with van der Waals surface area (Å²) in [4.78, 5) is 9.16. The van der Waals surface area contributed by atoms with E-state index < -0.39 is 0 Å². The first-order valence-electron chi connectivity index (χ1n) is 7.22. The highest BCUT2D eigenvalue weighted by Crippen LogP contribution is 2.16. The summed E-state index contributed by atoms with van der Waals surface area (Å²) in [6.07, 6.45) is 3.88. The average Bonchev–Trinajstić information content (AvgIpc) is 2.86. The number of nitrogens with zero attached hydrogens (tertiary/aromatic N) is 2. The van der Waals surface area contributed by atoms with Gasteiger partial charge in [0.15, 0.2) is 0 Å². The number of ether oxygens (including phenoxy) is 1. The Morgan fingerprint density at radius 1 is 1.32 bits per heavy atom. The lowest BCUT2D eigenvalue weighted by Crippen LogP contribution is -2.35. The maximum Gasteiger partial charge on any atom is 0.148 e. The molecule has 19 heavy (non-hydrogen) atoms. The van der Waals surface area contributed by atoms with Crippen LogP contribution >= 0.6 is 0 Å². The van der Waals surface area contributed by atoms with Crippen LogP contribution in [0.2, 0.25) is 0 Å². The molecule has 1 unspecified atom stereocenters. The van der Waals surface area contributed by atoms with E-state index in [0.29, 0.717) is 0 Å². The lowest BCUT2D eigenvalue weighted by atomic mass is 10.2. The summed E-state index contributed by atoms with van der Waals surface area (Å²) in [6.45, 7) is 8.78. The summed E-state index contributed by atoms with van der Waals surface area (Å²) >= 11 is 0. The monoisotopic (exact) mass is 264 g/mol. The number of nitrogens with one attached hydrogen (secondary N) is 2. The molecule has 0 bridgehead atoms. The number of hydrogen-bond donors (Lipinski definition) is 2. The fourth-order valence-corrected chi connectivity index (χ4v) is 2.36. The van der Waals surface area contributed by atoms with Crippen LogP contribution in [0, 0.1) is 0 Å². The SMILES string of the molecule is CCO[C@H]1CNCC1Nc1nc(CC)cnc1CC. The third kappa shape index (κ3) is 3.42. The molecule has 1 aromatic rings. The van der Waals surface area contributed by atoms with Crippen LogP contribution in [0.15, 0.2) is 6.20 Å². The Bertz CT molecular complexity index is 410. The molecule has 2 rings (SSSR count). The van der Waals surface area contributed by atoms with Gasteiger partial charge in [-0.2, -0.15) is 0 Å². The van der Waals surface area contributed by atoms with Crippen molar-refractivity contribution < 1.29 is 4.74 Å². The van der Waals surface area contributed by atoms with E-state index in [1.807, 2.05) is 13.1 Å². The fraction of sp³-hybridized carbons (Fsp3) is 0.714. The number of hydrogen-bond acceptors (Lipinski definition) is 5. The maximum atomic E-state index is 5.74. The summed E-state index contributed by atoms with van der Waals surface area (Å²) in [5.41, 5.74) is 2.05. The van der Waals surface area contributed by atoms with Gasteiger partial charge in [0.2, 0.25) is 0 Å². The molecule has 2 atom stereocenters. The van der Waals surface area contributed by atoms with Crippen LogP contribution in [-0.4, -0.2) is 41.8 Å². The Balaban J connectivity index is 2.12. The molecule has 0 saturated carbocycles. The average molecular weight is 264 g/mol. The van der Waals surface area contributed by atoms with Crippen molar-refractivity contribution in [2.45, 2.75) is 45.8 Å². The maximum absolute atomic E-state index is 5.74. The first kappa shape index (κ1) is 14.2. The third-order valence-corrected chi connectivity index (χ3v) is 3.46. The Hall–Kier alpha value is -1.20. The Morgan fingerprint density at radius 2 is 2.16 bits per heavy atom. The summed E-state index contributed by atoms with van der Waals surface area (Å²) in [5, 5.41) is 6.87. The highest BCUT2D eigenvalue weighted by molar-refractivity contribution is 5.42. The minimum Gasteiger partial charge on any atom is -0.375 e. The minimum absolute atomic E-state index is 0.210. The molecule has 2 heterocycles. The van der Waals surface area contributed by atoms with E-state index >= 15 is 0 Å². The van der Waals surface area contributed by atoms with Crippen molar-refractivity contribution in [3.8, 4) is 0 Å². The molecule has 106 valence electrons. The Kier molecular flexibility index (Phi) is 5.10. The van der Waals surface area contributed by atoms with E-state index in [1.54, 1.807) is 0 Å². The van der Waals surface area contributed by atoms with Gasteiger partial charge in [0.1, 0.15) is 5.82 Å². The molecule has 1 aliphatic rings. The van der Waals surface area contributed by atoms with Gasteiger partial charge in [0, 0.05) is 25.9 Å². The number of aromatic nitrogens is 2. The van der Waals surface area contributed by atoms with Crippen LogP contribution < -0.4 is 10.6 Å². The first-order chi connectivity index (χ1) is 9.28. The summed E-state index contributed by atoms with van der Waals surface area (Å²) in [7, 11) is 0. The molecule has 0 amide bonds. The van der Waals surface area contributed by atoms with E-state index in [0.717, 1.165) is 49.7 Å². The van der Waals surface area contributed by atoms with Crippen molar-refractivity contribution in [3.05, 3.63) is 17.6 Å². The molecule has 2 N–H and O–H groups in total. The van der Waals surface area contributed by atoms with Gasteiger partial charge in [-0.25, -0.2) is 4.98 Å². The second-order valence-electron chi connectivity index (χ2n) is 4.77. The van der Waals surface area contributed by atoms with Gasteiger partial charge < -0.3 is 15.4 Å². The number of rotatable bonds is 6. The fourth-order valence-electron chi connectivity index (χ4n) is 2.36. The number of aryl methyl sites for hydroxylation is 2. The van der Waals surface area contributed by atoms with Crippen molar-refractivity contribution in [1.29, 1.82) is 0 Å². The molecule has 1 aromatic heterocycles. The van der Waals surface area contributed by atoms with E-state index in [1.165, 1.54) is 0 Å². The third-order valence-electron chi connectivity index (χ3n) is 3.46. The molecule has 1 saturated heterocycles. The van der Waals surface area contributed by atoms with Gasteiger partial charge in [-0.3, -0.25) is 4.98 Å². The van der Waals surface area contributed by atoms with Crippen molar-refractivity contribution in [2.24, 2.45) is 0 Å². The van der Waals surface area contributed by atoms with Gasteiger partial charge in [0.05, 0.1) is 23.5 Å². The van der Waals surface area contributed by atoms with Gasteiger partial charge in [-0.15, -0.1) is 0 Å². The lowest BCUT2D eigenvalue weighted by Gasteiger charge is -2.21. The van der Waals surface area contributed by atoms with Crippen molar-refractivity contribution in [3.63, 3.8) is 0 Å². The summed E-state index contributed by atoms with van der Waals surface area (Å²) in [6, 6.07) is 0.270. The molecular formula is C14H24N4O. The van der Waals surface area contributed by atoms with Crippen molar-refractivity contribution in [2.75, 3.05) is 25.0 Å².